The predicted octanol–water partition coefficient (Wildman–Crippen LogP) is 5.93. The number of aromatic nitrogens is 1. The molecule has 1 heterocycles. The first kappa shape index (κ1) is 27.8. The molecule has 2 aromatic rings. The average molecular weight is 504 g/mol. The molecule has 3 N–H and O–H groups in total. The van der Waals surface area contributed by atoms with E-state index < -0.39 is 22.5 Å². The lowest BCUT2D eigenvalue weighted by atomic mass is 9.85. The number of oxazole rings is 1. The van der Waals surface area contributed by atoms with Crippen LogP contribution in [0.2, 0.25) is 0 Å². The second kappa shape index (κ2) is 12.4. The minimum Gasteiger partial charge on any atom is -0.446 e. The van der Waals surface area contributed by atoms with Crippen LogP contribution in [0.25, 0.3) is 0 Å². The van der Waals surface area contributed by atoms with Gasteiger partial charge in [0.05, 0.1) is 18.3 Å². The normalized spacial score (nSPS) is 18.6. The summed E-state index contributed by atoms with van der Waals surface area (Å²) in [6.45, 7) is 6.56. The quantitative estimate of drug-likeness (QED) is 0.397. The first-order chi connectivity index (χ1) is 16.6. The van der Waals surface area contributed by atoms with Crippen LogP contribution in [0, 0.1) is 5.92 Å². The number of nitrogens with one attached hydrogen (secondary N) is 1. The molecule has 1 aliphatic carbocycles. The van der Waals surface area contributed by atoms with E-state index in [1.807, 2.05) is 18.2 Å². The van der Waals surface area contributed by atoms with Crippen molar-refractivity contribution in [1.29, 1.82) is 0 Å². The van der Waals surface area contributed by atoms with E-state index in [4.69, 9.17) is 14.3 Å². The SMILES string of the molecule is CC(C)(C)S(C)(C)OC(c1ncco1)[C@H](CCc1ccccc1)NC(=O)[C@@H](N)CC1CCCCC1. The van der Waals surface area contributed by atoms with E-state index in [-0.39, 0.29) is 16.7 Å². The Kier molecular flexibility index (Phi) is 9.85. The summed E-state index contributed by atoms with van der Waals surface area (Å²) in [4.78, 5) is 17.8. The molecular formula is C28H45N3O3S. The van der Waals surface area contributed by atoms with Crippen molar-refractivity contribution in [1.82, 2.24) is 10.3 Å². The van der Waals surface area contributed by atoms with Gasteiger partial charge in [0.15, 0.2) is 6.10 Å². The van der Waals surface area contributed by atoms with Crippen molar-refractivity contribution in [2.75, 3.05) is 12.5 Å². The molecule has 1 aromatic carbocycles. The molecule has 1 amide bonds. The van der Waals surface area contributed by atoms with Crippen molar-refractivity contribution in [2.24, 2.45) is 11.7 Å². The Morgan fingerprint density at radius 3 is 2.49 bits per heavy atom. The fraction of sp³-hybridized carbons (Fsp3) is 0.643. The molecule has 6 nitrogen and oxygen atoms in total. The van der Waals surface area contributed by atoms with Gasteiger partial charge in [-0.05, 0) is 43.3 Å². The topological polar surface area (TPSA) is 90.4 Å². The van der Waals surface area contributed by atoms with Gasteiger partial charge in [-0.2, -0.15) is 0 Å². The van der Waals surface area contributed by atoms with Gasteiger partial charge in [0, 0.05) is 4.75 Å². The van der Waals surface area contributed by atoms with Crippen molar-refractivity contribution in [2.45, 2.75) is 95.1 Å². The zero-order valence-electron chi connectivity index (χ0n) is 22.2. The van der Waals surface area contributed by atoms with Crippen molar-refractivity contribution >= 4 is 16.2 Å². The van der Waals surface area contributed by atoms with Crippen LogP contribution in [-0.2, 0) is 15.4 Å². The lowest BCUT2D eigenvalue weighted by Crippen LogP contribution is -2.49. The number of carbonyl (C=O) groups excluding carboxylic acids is 1. The average Bonchev–Trinajstić information content (AvgIpc) is 3.35. The maximum Gasteiger partial charge on any atom is 0.237 e. The monoisotopic (exact) mass is 503 g/mol. The van der Waals surface area contributed by atoms with Gasteiger partial charge in [-0.3, -0.25) is 4.79 Å². The lowest BCUT2D eigenvalue weighted by Gasteiger charge is -2.46. The van der Waals surface area contributed by atoms with Crippen LogP contribution in [0.15, 0.2) is 47.2 Å². The highest BCUT2D eigenvalue weighted by atomic mass is 32.3. The minimum atomic E-state index is -1.51. The van der Waals surface area contributed by atoms with Crippen LogP contribution in [0.3, 0.4) is 0 Å². The summed E-state index contributed by atoms with van der Waals surface area (Å²) in [5, 5.41) is 3.26. The van der Waals surface area contributed by atoms with Crippen molar-refractivity contribution < 1.29 is 13.4 Å². The van der Waals surface area contributed by atoms with Gasteiger partial charge in [-0.25, -0.2) is 4.98 Å². The third-order valence-corrected chi connectivity index (χ3v) is 11.1. The Morgan fingerprint density at radius 2 is 1.89 bits per heavy atom. The molecule has 7 heteroatoms. The highest BCUT2D eigenvalue weighted by Gasteiger charge is 2.38. The highest BCUT2D eigenvalue weighted by molar-refractivity contribution is 8.29. The zero-order chi connectivity index (χ0) is 25.5. The lowest BCUT2D eigenvalue weighted by molar-refractivity contribution is -0.124. The molecule has 1 fully saturated rings. The van der Waals surface area contributed by atoms with Crippen molar-refractivity contribution in [3.63, 3.8) is 0 Å². The number of nitrogens with zero attached hydrogens (tertiary/aromatic N) is 1. The van der Waals surface area contributed by atoms with Crippen LogP contribution in [0.5, 0.6) is 0 Å². The van der Waals surface area contributed by atoms with Crippen LogP contribution < -0.4 is 11.1 Å². The van der Waals surface area contributed by atoms with Crippen LogP contribution in [-0.4, -0.2) is 40.2 Å². The summed E-state index contributed by atoms with van der Waals surface area (Å²) in [6.07, 6.45) is 15.4. The molecule has 3 atom stereocenters. The molecule has 0 saturated heterocycles. The maximum absolute atomic E-state index is 13.3. The largest absolute Gasteiger partial charge is 0.446 e. The Balaban J connectivity index is 1.81. The number of nitrogens with two attached hydrogens (primary N) is 1. The first-order valence-corrected chi connectivity index (χ1v) is 15.3. The number of benzene rings is 1. The summed E-state index contributed by atoms with van der Waals surface area (Å²) in [5.41, 5.74) is 7.65. The van der Waals surface area contributed by atoms with Gasteiger partial charge in [-0.15, -0.1) is 10.3 Å². The molecule has 1 unspecified atom stereocenters. The summed E-state index contributed by atoms with van der Waals surface area (Å²) in [7, 11) is -1.51. The molecule has 0 spiro atoms. The molecule has 1 aromatic heterocycles. The maximum atomic E-state index is 13.3. The van der Waals surface area contributed by atoms with Crippen molar-refractivity contribution in [3.8, 4) is 0 Å². The van der Waals surface area contributed by atoms with E-state index >= 15 is 0 Å². The van der Waals surface area contributed by atoms with Crippen LogP contribution >= 0.6 is 10.3 Å². The second-order valence-electron chi connectivity index (χ2n) is 11.2. The van der Waals surface area contributed by atoms with Gasteiger partial charge in [-0.1, -0.05) is 83.2 Å². The molecule has 0 radical (unpaired) electrons. The zero-order valence-corrected chi connectivity index (χ0v) is 23.0. The van der Waals surface area contributed by atoms with Gasteiger partial charge < -0.3 is 19.7 Å². The molecule has 196 valence electrons. The fourth-order valence-electron chi connectivity index (χ4n) is 4.50. The Labute approximate surface area is 213 Å². The fourth-order valence-corrected chi connectivity index (χ4v) is 5.53. The first-order valence-electron chi connectivity index (χ1n) is 13.0. The van der Waals surface area contributed by atoms with E-state index in [1.54, 1.807) is 12.5 Å². The minimum absolute atomic E-state index is 0.0524. The second-order valence-corrected chi connectivity index (χ2v) is 15.1. The standard InChI is InChI=1S/C28H45N3O3S/c1-28(2,3)35(4,5)34-25(27-30-18-19-33-27)24(17-16-21-12-8-6-9-13-21)31-26(32)23(29)20-22-14-10-7-11-15-22/h6,8-9,12-13,18-19,22-25H,7,10-11,14-17,20,29H2,1-5H3,(H,31,32)/t23-,24-,25?/m0/s1. The third-order valence-electron chi connectivity index (χ3n) is 7.44. The molecule has 0 aliphatic heterocycles. The van der Waals surface area contributed by atoms with E-state index in [0.29, 0.717) is 18.2 Å². The third kappa shape index (κ3) is 8.09. The number of hydrogen-bond acceptors (Lipinski definition) is 5. The Hall–Kier alpha value is -1.83. The molecule has 0 bridgehead atoms. The summed E-state index contributed by atoms with van der Waals surface area (Å²) in [5.74, 6) is 0.918. The molecule has 1 aliphatic rings. The predicted molar refractivity (Wildman–Crippen MR) is 145 cm³/mol. The highest BCUT2D eigenvalue weighted by Crippen LogP contribution is 2.57. The number of rotatable bonds is 11. The van der Waals surface area contributed by atoms with Crippen LogP contribution in [0.4, 0.5) is 0 Å². The van der Waals surface area contributed by atoms with Crippen LogP contribution in [0.1, 0.15) is 83.3 Å². The molecule has 35 heavy (non-hydrogen) atoms. The molecule has 3 rings (SSSR count). The Morgan fingerprint density at radius 1 is 1.20 bits per heavy atom. The summed E-state index contributed by atoms with van der Waals surface area (Å²) >= 11 is 0. The number of hydrogen-bond donors (Lipinski definition) is 2. The Bertz CT molecular complexity index is 890. The smallest absolute Gasteiger partial charge is 0.237 e. The van der Waals surface area contributed by atoms with E-state index in [9.17, 15) is 4.79 Å². The summed E-state index contributed by atoms with van der Waals surface area (Å²) in [6, 6.07) is 9.48. The van der Waals surface area contributed by atoms with Gasteiger partial charge in [0.2, 0.25) is 11.8 Å². The molecule has 1 saturated carbocycles. The van der Waals surface area contributed by atoms with E-state index in [0.717, 1.165) is 12.8 Å². The number of aryl methyl sites for hydroxylation is 1. The van der Waals surface area contributed by atoms with E-state index in [1.165, 1.54) is 37.7 Å². The van der Waals surface area contributed by atoms with Gasteiger partial charge in [0.25, 0.3) is 0 Å². The van der Waals surface area contributed by atoms with Gasteiger partial charge >= 0.3 is 0 Å². The molecular weight excluding hydrogens is 458 g/mol. The van der Waals surface area contributed by atoms with Gasteiger partial charge in [0.1, 0.15) is 6.26 Å². The number of carbonyl (C=O) groups is 1. The summed E-state index contributed by atoms with van der Waals surface area (Å²) < 4.78 is 12.5. The van der Waals surface area contributed by atoms with E-state index in [2.05, 4.69) is 55.7 Å². The van der Waals surface area contributed by atoms with Crippen molar-refractivity contribution in [3.05, 3.63) is 54.2 Å². The number of amides is 1.